The smallest absolute Gasteiger partial charge is 0.253 e. The van der Waals surface area contributed by atoms with E-state index in [9.17, 15) is 14.4 Å². The lowest BCUT2D eigenvalue weighted by Crippen LogP contribution is -2.43. The Labute approximate surface area is 160 Å². The zero-order valence-electron chi connectivity index (χ0n) is 15.8. The highest BCUT2D eigenvalue weighted by Gasteiger charge is 2.32. The summed E-state index contributed by atoms with van der Waals surface area (Å²) in [5.41, 5.74) is 7.01. The number of pyridine rings is 1. The average molecular weight is 385 g/mol. The number of aromatic nitrogens is 1. The third-order valence-corrected chi connectivity index (χ3v) is 4.51. The van der Waals surface area contributed by atoms with E-state index in [1.54, 1.807) is 13.8 Å². The third-order valence-electron chi connectivity index (χ3n) is 4.51. The second-order valence-electron chi connectivity index (χ2n) is 7.09. The quantitative estimate of drug-likeness (QED) is 0.648. The predicted molar refractivity (Wildman–Crippen MR) is 104 cm³/mol. The first-order valence-corrected chi connectivity index (χ1v) is 8.76. The Hall–Kier alpha value is -1.86. The highest BCUT2D eigenvalue weighted by atomic mass is 35.5. The lowest BCUT2D eigenvalue weighted by Gasteiger charge is -2.20. The summed E-state index contributed by atoms with van der Waals surface area (Å²) >= 11 is 0. The summed E-state index contributed by atoms with van der Waals surface area (Å²) in [6.45, 7) is 7.42. The average Bonchev–Trinajstić information content (AvgIpc) is 3.32. The molecule has 1 atom stereocenters. The number of nitrogens with one attached hydrogen (secondary N) is 2. The van der Waals surface area contributed by atoms with Crippen molar-refractivity contribution in [1.82, 2.24) is 15.2 Å². The molecule has 1 saturated carbocycles. The van der Waals surface area contributed by atoms with E-state index in [0.717, 1.165) is 12.8 Å². The van der Waals surface area contributed by atoms with Crippen molar-refractivity contribution in [2.45, 2.75) is 59.2 Å². The first-order valence-electron chi connectivity index (χ1n) is 8.76. The van der Waals surface area contributed by atoms with E-state index >= 15 is 0 Å². The molecule has 4 N–H and O–H groups in total. The van der Waals surface area contributed by atoms with Gasteiger partial charge in [-0.3, -0.25) is 14.4 Å². The summed E-state index contributed by atoms with van der Waals surface area (Å²) in [6.07, 6.45) is 2.16. The summed E-state index contributed by atoms with van der Waals surface area (Å²) in [5, 5.41) is 5.74. The maximum Gasteiger partial charge on any atom is 0.253 e. The molecule has 0 aliphatic heterocycles. The van der Waals surface area contributed by atoms with Gasteiger partial charge in [0.1, 0.15) is 6.54 Å². The fraction of sp³-hybridized carbons (Fsp3) is 0.611. The Balaban J connectivity index is 0.00000338. The monoisotopic (exact) mass is 384 g/mol. The number of halogens is 1. The Morgan fingerprint density at radius 2 is 1.88 bits per heavy atom. The zero-order valence-corrected chi connectivity index (χ0v) is 16.6. The Morgan fingerprint density at radius 3 is 2.38 bits per heavy atom. The Bertz CT molecular complexity index is 726. The molecule has 0 saturated heterocycles. The van der Waals surface area contributed by atoms with Crippen molar-refractivity contribution in [2.24, 2.45) is 11.7 Å². The topological polar surface area (TPSA) is 106 Å². The first kappa shape index (κ1) is 22.2. The molecule has 1 aromatic heterocycles. The van der Waals surface area contributed by atoms with E-state index in [4.69, 9.17) is 5.73 Å². The van der Waals surface area contributed by atoms with Gasteiger partial charge >= 0.3 is 0 Å². The van der Waals surface area contributed by atoms with Gasteiger partial charge in [0.25, 0.3) is 11.5 Å². The molecule has 146 valence electrons. The molecule has 0 aromatic carbocycles. The predicted octanol–water partition coefficient (Wildman–Crippen LogP) is 0.879. The van der Waals surface area contributed by atoms with Crippen LogP contribution in [0.1, 0.15) is 48.3 Å². The van der Waals surface area contributed by atoms with E-state index < -0.39 is 0 Å². The summed E-state index contributed by atoms with van der Waals surface area (Å²) < 4.78 is 1.34. The Kier molecular flexibility index (Phi) is 7.84. The van der Waals surface area contributed by atoms with E-state index in [-0.39, 0.29) is 48.4 Å². The fourth-order valence-electron chi connectivity index (χ4n) is 3.08. The number of carbonyl (C=O) groups is 2. The van der Waals surface area contributed by atoms with Gasteiger partial charge in [-0.05, 0) is 52.0 Å². The van der Waals surface area contributed by atoms with Crippen LogP contribution in [-0.2, 0) is 11.3 Å². The number of hydrogen-bond acceptors (Lipinski definition) is 4. The van der Waals surface area contributed by atoms with Gasteiger partial charge in [0.15, 0.2) is 0 Å². The van der Waals surface area contributed by atoms with Crippen molar-refractivity contribution in [2.75, 3.05) is 6.54 Å². The second kappa shape index (κ2) is 9.19. The molecule has 1 fully saturated rings. The Morgan fingerprint density at radius 1 is 1.27 bits per heavy atom. The van der Waals surface area contributed by atoms with Gasteiger partial charge in [0.2, 0.25) is 5.91 Å². The minimum Gasteiger partial charge on any atom is -0.352 e. The highest BCUT2D eigenvalue weighted by Crippen LogP contribution is 2.32. The number of nitrogens with zero attached hydrogens (tertiary/aromatic N) is 1. The lowest BCUT2D eigenvalue weighted by molar-refractivity contribution is -0.122. The highest BCUT2D eigenvalue weighted by molar-refractivity contribution is 5.97. The van der Waals surface area contributed by atoms with Crippen LogP contribution in [-0.4, -0.2) is 35.0 Å². The third kappa shape index (κ3) is 5.32. The van der Waals surface area contributed by atoms with Gasteiger partial charge in [-0.25, -0.2) is 0 Å². The van der Waals surface area contributed by atoms with Crippen LogP contribution in [0.25, 0.3) is 0 Å². The molecule has 8 heteroatoms. The summed E-state index contributed by atoms with van der Waals surface area (Å²) in [5.74, 6) is -0.0547. The molecule has 0 bridgehead atoms. The lowest BCUT2D eigenvalue weighted by atomic mass is 10.1. The van der Waals surface area contributed by atoms with Crippen LogP contribution in [0.5, 0.6) is 0 Å². The molecule has 26 heavy (non-hydrogen) atoms. The van der Waals surface area contributed by atoms with E-state index in [1.807, 2.05) is 13.8 Å². The SMILES string of the molecule is Cc1cc(=O)n(CC(=O)NC(C)C)c(C)c1C(=O)NC(CN)C1CC1.Cl. The fourth-order valence-corrected chi connectivity index (χ4v) is 3.08. The molecule has 7 nitrogen and oxygen atoms in total. The van der Waals surface area contributed by atoms with Crippen LogP contribution in [0.4, 0.5) is 0 Å². The molecule has 1 aliphatic carbocycles. The summed E-state index contributed by atoms with van der Waals surface area (Å²) in [6, 6.07) is 1.34. The van der Waals surface area contributed by atoms with Crippen LogP contribution in [0.2, 0.25) is 0 Å². The van der Waals surface area contributed by atoms with Crippen molar-refractivity contribution in [3.63, 3.8) is 0 Å². The summed E-state index contributed by atoms with van der Waals surface area (Å²) in [7, 11) is 0. The number of amides is 2. The van der Waals surface area contributed by atoms with E-state index in [1.165, 1.54) is 10.6 Å². The van der Waals surface area contributed by atoms with Crippen molar-refractivity contribution in [1.29, 1.82) is 0 Å². The van der Waals surface area contributed by atoms with E-state index in [0.29, 0.717) is 29.3 Å². The molecule has 1 aromatic rings. The molecule has 1 heterocycles. The van der Waals surface area contributed by atoms with Gasteiger partial charge in [-0.2, -0.15) is 0 Å². The number of nitrogens with two attached hydrogens (primary N) is 1. The van der Waals surface area contributed by atoms with Gasteiger partial charge in [-0.15, -0.1) is 12.4 Å². The van der Waals surface area contributed by atoms with Crippen molar-refractivity contribution in [3.8, 4) is 0 Å². The van der Waals surface area contributed by atoms with Crippen molar-refractivity contribution >= 4 is 24.2 Å². The van der Waals surface area contributed by atoms with Crippen molar-refractivity contribution in [3.05, 3.63) is 33.2 Å². The number of rotatable bonds is 7. The summed E-state index contributed by atoms with van der Waals surface area (Å²) in [4.78, 5) is 37.0. The first-order chi connectivity index (χ1) is 11.7. The van der Waals surface area contributed by atoms with Gasteiger partial charge < -0.3 is 20.9 Å². The van der Waals surface area contributed by atoms with Gasteiger partial charge in [0, 0.05) is 30.4 Å². The molecule has 2 rings (SSSR count). The zero-order chi connectivity index (χ0) is 18.7. The molecular weight excluding hydrogens is 356 g/mol. The van der Waals surface area contributed by atoms with Crippen LogP contribution < -0.4 is 21.9 Å². The normalized spacial score (nSPS) is 14.5. The number of hydrogen-bond donors (Lipinski definition) is 3. The molecule has 0 radical (unpaired) electrons. The van der Waals surface area contributed by atoms with Gasteiger partial charge in [-0.1, -0.05) is 0 Å². The van der Waals surface area contributed by atoms with Crippen molar-refractivity contribution < 1.29 is 9.59 Å². The maximum atomic E-state index is 12.7. The standard InChI is InChI=1S/C18H28N4O3.ClH/c1-10(2)20-15(23)9-22-12(4)17(11(3)7-16(22)24)18(25)21-14(8-19)13-5-6-13;/h7,10,13-14H,5-6,8-9,19H2,1-4H3,(H,20,23)(H,21,25);1H. The molecular formula is C18H29ClN4O3. The van der Waals surface area contributed by atoms with Gasteiger partial charge in [0.05, 0.1) is 5.56 Å². The maximum absolute atomic E-state index is 12.7. The molecule has 1 aliphatic rings. The number of carbonyl (C=O) groups excluding carboxylic acids is 2. The second-order valence-corrected chi connectivity index (χ2v) is 7.09. The van der Waals surface area contributed by atoms with Crippen LogP contribution >= 0.6 is 12.4 Å². The van der Waals surface area contributed by atoms with Crippen LogP contribution in [0.3, 0.4) is 0 Å². The minimum absolute atomic E-state index is 0. The molecule has 1 unspecified atom stereocenters. The molecule has 2 amide bonds. The molecule has 0 spiro atoms. The number of aryl methyl sites for hydroxylation is 1. The minimum atomic E-state index is -0.289. The van der Waals surface area contributed by atoms with Crippen LogP contribution in [0.15, 0.2) is 10.9 Å². The largest absolute Gasteiger partial charge is 0.352 e. The van der Waals surface area contributed by atoms with Crippen LogP contribution in [0, 0.1) is 19.8 Å². The van der Waals surface area contributed by atoms with E-state index in [2.05, 4.69) is 10.6 Å².